The van der Waals surface area contributed by atoms with E-state index >= 15 is 0 Å². The highest BCUT2D eigenvalue weighted by molar-refractivity contribution is 14.1. The summed E-state index contributed by atoms with van der Waals surface area (Å²) < 4.78 is 26.6. The molecular formula is C9H7F2IO3. The van der Waals surface area contributed by atoms with Crippen molar-refractivity contribution in [3.05, 3.63) is 33.4 Å². The number of aliphatic carboxylic acids is 1. The van der Waals surface area contributed by atoms with Gasteiger partial charge in [-0.3, -0.25) is 0 Å². The molecule has 1 unspecified atom stereocenters. The topological polar surface area (TPSA) is 57.5 Å². The average molecular weight is 328 g/mol. The molecule has 0 aromatic heterocycles. The Morgan fingerprint density at radius 3 is 2.20 bits per heavy atom. The van der Waals surface area contributed by atoms with E-state index in [1.54, 1.807) is 0 Å². The molecular weight excluding hydrogens is 321 g/mol. The van der Waals surface area contributed by atoms with Gasteiger partial charge in [-0.2, -0.15) is 8.78 Å². The van der Waals surface area contributed by atoms with E-state index in [0.717, 1.165) is 3.57 Å². The van der Waals surface area contributed by atoms with Crippen molar-refractivity contribution in [2.45, 2.75) is 12.0 Å². The Bertz CT molecular complexity index is 364. The molecule has 0 heterocycles. The van der Waals surface area contributed by atoms with Gasteiger partial charge < -0.3 is 10.2 Å². The lowest BCUT2D eigenvalue weighted by Gasteiger charge is -2.18. The number of aliphatic hydroxyl groups is 1. The highest BCUT2D eigenvalue weighted by atomic mass is 127. The van der Waals surface area contributed by atoms with E-state index in [-0.39, 0.29) is 5.56 Å². The smallest absolute Gasteiger partial charge is 0.377 e. The molecule has 0 saturated carbocycles. The molecule has 82 valence electrons. The van der Waals surface area contributed by atoms with Crippen molar-refractivity contribution in [3.8, 4) is 0 Å². The highest BCUT2D eigenvalue weighted by Gasteiger charge is 2.47. The van der Waals surface area contributed by atoms with Gasteiger partial charge in [0.2, 0.25) is 0 Å². The van der Waals surface area contributed by atoms with E-state index in [1.165, 1.54) is 24.3 Å². The molecule has 0 bridgehead atoms. The Morgan fingerprint density at radius 2 is 1.80 bits per heavy atom. The maximum absolute atomic E-state index is 12.9. The number of carboxylic acid groups (broad SMARTS) is 1. The normalized spacial score (nSPS) is 13.6. The van der Waals surface area contributed by atoms with Gasteiger partial charge in [0.05, 0.1) is 0 Å². The van der Waals surface area contributed by atoms with Gasteiger partial charge >= 0.3 is 11.9 Å². The van der Waals surface area contributed by atoms with Crippen molar-refractivity contribution in [2.75, 3.05) is 0 Å². The van der Waals surface area contributed by atoms with Crippen LogP contribution in [0.4, 0.5) is 8.78 Å². The molecule has 15 heavy (non-hydrogen) atoms. The first-order chi connectivity index (χ1) is 6.85. The van der Waals surface area contributed by atoms with Crippen LogP contribution in [-0.2, 0) is 4.79 Å². The number of carboxylic acids is 1. The fraction of sp³-hybridized carbons (Fsp3) is 0.222. The first-order valence-corrected chi connectivity index (χ1v) is 4.98. The number of halogens is 3. The van der Waals surface area contributed by atoms with Gasteiger partial charge in [0.25, 0.3) is 0 Å². The predicted molar refractivity (Wildman–Crippen MR) is 56.7 cm³/mol. The zero-order valence-electron chi connectivity index (χ0n) is 7.32. The Hall–Kier alpha value is -0.760. The number of hydrogen-bond donors (Lipinski definition) is 2. The minimum Gasteiger partial charge on any atom is -0.477 e. The minimum atomic E-state index is -4.17. The number of benzene rings is 1. The summed E-state index contributed by atoms with van der Waals surface area (Å²) in [6.07, 6.45) is -2.33. The number of aliphatic hydroxyl groups excluding tert-OH is 1. The van der Waals surface area contributed by atoms with Crippen LogP contribution in [0.15, 0.2) is 24.3 Å². The van der Waals surface area contributed by atoms with Crippen molar-refractivity contribution in [2.24, 2.45) is 0 Å². The third-order valence-electron chi connectivity index (χ3n) is 1.81. The zero-order valence-corrected chi connectivity index (χ0v) is 9.48. The predicted octanol–water partition coefficient (Wildman–Crippen LogP) is 2.04. The minimum absolute atomic E-state index is 0.122. The molecule has 0 saturated heterocycles. The van der Waals surface area contributed by atoms with Crippen LogP contribution in [0.2, 0.25) is 0 Å². The number of alkyl halides is 2. The van der Waals surface area contributed by atoms with Gasteiger partial charge in [0.15, 0.2) is 6.10 Å². The average Bonchev–Trinajstić information content (AvgIpc) is 2.17. The summed E-state index contributed by atoms with van der Waals surface area (Å²) in [4.78, 5) is 10.2. The number of hydrogen-bond acceptors (Lipinski definition) is 2. The molecule has 6 heteroatoms. The van der Waals surface area contributed by atoms with Crippen LogP contribution in [0.3, 0.4) is 0 Å². The molecule has 1 atom stereocenters. The van der Waals surface area contributed by atoms with Crippen LogP contribution < -0.4 is 0 Å². The van der Waals surface area contributed by atoms with E-state index in [1.807, 2.05) is 22.6 Å². The van der Waals surface area contributed by atoms with Crippen molar-refractivity contribution in [3.63, 3.8) is 0 Å². The van der Waals surface area contributed by atoms with E-state index in [0.29, 0.717) is 0 Å². The number of carbonyl (C=O) groups is 1. The SMILES string of the molecule is O=C(O)C(F)(F)C(O)c1ccc(I)cc1. The molecule has 1 aromatic rings. The summed E-state index contributed by atoms with van der Waals surface area (Å²) in [5.74, 6) is -6.51. The summed E-state index contributed by atoms with van der Waals surface area (Å²) in [6, 6.07) is 5.56. The van der Waals surface area contributed by atoms with Gasteiger partial charge in [0, 0.05) is 3.57 Å². The van der Waals surface area contributed by atoms with Gasteiger partial charge in [0.1, 0.15) is 0 Å². The summed E-state index contributed by atoms with van der Waals surface area (Å²) in [7, 11) is 0. The van der Waals surface area contributed by atoms with Crippen molar-refractivity contribution in [1.29, 1.82) is 0 Å². The molecule has 0 aliphatic rings. The molecule has 0 aliphatic heterocycles. The first-order valence-electron chi connectivity index (χ1n) is 3.90. The van der Waals surface area contributed by atoms with Gasteiger partial charge in [-0.25, -0.2) is 4.79 Å². The molecule has 0 spiro atoms. The van der Waals surface area contributed by atoms with Crippen LogP contribution in [0.1, 0.15) is 11.7 Å². The van der Waals surface area contributed by atoms with Crippen molar-refractivity contribution in [1.82, 2.24) is 0 Å². The second-order valence-corrected chi connectivity index (χ2v) is 4.13. The van der Waals surface area contributed by atoms with E-state index in [4.69, 9.17) is 5.11 Å². The zero-order chi connectivity index (χ0) is 11.6. The van der Waals surface area contributed by atoms with Crippen LogP contribution in [0.5, 0.6) is 0 Å². The van der Waals surface area contributed by atoms with E-state index in [2.05, 4.69) is 0 Å². The largest absolute Gasteiger partial charge is 0.477 e. The maximum Gasteiger partial charge on any atom is 0.377 e. The van der Waals surface area contributed by atoms with Crippen molar-refractivity contribution < 1.29 is 23.8 Å². The van der Waals surface area contributed by atoms with Gasteiger partial charge in [-0.15, -0.1) is 0 Å². The van der Waals surface area contributed by atoms with Gasteiger partial charge in [-0.1, -0.05) is 12.1 Å². The standard InChI is InChI=1S/C9H7F2IO3/c10-9(11,8(14)15)7(13)5-1-3-6(12)4-2-5/h1-4,7,13H,(H,14,15). The Balaban J connectivity index is 2.99. The molecule has 3 nitrogen and oxygen atoms in total. The monoisotopic (exact) mass is 328 g/mol. The van der Waals surface area contributed by atoms with Crippen LogP contribution >= 0.6 is 22.6 Å². The van der Waals surface area contributed by atoms with E-state index < -0.39 is 18.0 Å². The van der Waals surface area contributed by atoms with E-state index in [9.17, 15) is 18.7 Å². The van der Waals surface area contributed by atoms with Gasteiger partial charge in [-0.05, 0) is 40.3 Å². The lowest BCUT2D eigenvalue weighted by atomic mass is 10.0. The number of rotatable bonds is 3. The first kappa shape index (κ1) is 12.3. The summed E-state index contributed by atoms with van der Waals surface area (Å²) >= 11 is 1.97. The Labute approximate surface area is 97.9 Å². The molecule has 1 rings (SSSR count). The summed E-state index contributed by atoms with van der Waals surface area (Å²) in [6.45, 7) is 0. The summed E-state index contributed by atoms with van der Waals surface area (Å²) in [5, 5.41) is 17.4. The fourth-order valence-electron chi connectivity index (χ4n) is 0.971. The fourth-order valence-corrected chi connectivity index (χ4v) is 1.33. The molecule has 0 radical (unpaired) electrons. The molecule has 1 aromatic carbocycles. The van der Waals surface area contributed by atoms with Crippen LogP contribution in [-0.4, -0.2) is 22.1 Å². The lowest BCUT2D eigenvalue weighted by molar-refractivity contribution is -0.182. The second-order valence-electron chi connectivity index (χ2n) is 2.88. The third kappa shape index (κ3) is 2.63. The van der Waals surface area contributed by atoms with Crippen molar-refractivity contribution >= 4 is 28.6 Å². The Morgan fingerprint density at radius 1 is 1.33 bits per heavy atom. The maximum atomic E-state index is 12.9. The lowest BCUT2D eigenvalue weighted by Crippen LogP contribution is -2.35. The third-order valence-corrected chi connectivity index (χ3v) is 2.53. The summed E-state index contributed by atoms with van der Waals surface area (Å²) in [5.41, 5.74) is -0.122. The quantitative estimate of drug-likeness (QED) is 0.835. The Kier molecular flexibility index (Phi) is 3.61. The molecule has 0 aliphatic carbocycles. The molecule has 2 N–H and O–H groups in total. The van der Waals surface area contributed by atoms with Crippen LogP contribution in [0.25, 0.3) is 0 Å². The highest BCUT2D eigenvalue weighted by Crippen LogP contribution is 2.31. The van der Waals surface area contributed by atoms with Crippen LogP contribution in [0, 0.1) is 3.57 Å². The molecule has 0 fully saturated rings. The second kappa shape index (κ2) is 4.40. The molecule has 0 amide bonds.